The van der Waals surface area contributed by atoms with Crippen molar-refractivity contribution in [2.24, 2.45) is 5.92 Å². The Hall–Kier alpha value is -2.65. The molecule has 0 radical (unpaired) electrons. The monoisotopic (exact) mass is 348 g/mol. The second-order valence-corrected chi connectivity index (χ2v) is 7.41. The summed E-state index contributed by atoms with van der Waals surface area (Å²) >= 11 is 0. The van der Waals surface area contributed by atoms with Crippen molar-refractivity contribution in [3.8, 4) is 6.07 Å². The van der Waals surface area contributed by atoms with Crippen LogP contribution in [0.4, 0.5) is 0 Å². The molecule has 0 spiro atoms. The van der Waals surface area contributed by atoms with Crippen LogP contribution in [0.2, 0.25) is 0 Å². The molecule has 6 nitrogen and oxygen atoms in total. The number of hydrogen-bond acceptors (Lipinski definition) is 4. The van der Waals surface area contributed by atoms with Crippen molar-refractivity contribution < 1.29 is 0 Å². The number of rotatable bonds is 5. The summed E-state index contributed by atoms with van der Waals surface area (Å²) in [6.45, 7) is 6.96. The van der Waals surface area contributed by atoms with Crippen LogP contribution >= 0.6 is 0 Å². The average Bonchev–Trinajstić information content (AvgIpc) is 3.22. The highest BCUT2D eigenvalue weighted by Gasteiger charge is 2.23. The van der Waals surface area contributed by atoms with Gasteiger partial charge in [0, 0.05) is 43.4 Å². The van der Waals surface area contributed by atoms with Gasteiger partial charge in [0.1, 0.15) is 17.7 Å². The largest absolute Gasteiger partial charge is 0.322 e. The molecule has 1 atom stereocenters. The van der Waals surface area contributed by atoms with E-state index in [1.807, 2.05) is 28.8 Å². The molecule has 4 rings (SSSR count). The van der Waals surface area contributed by atoms with E-state index in [2.05, 4.69) is 46.2 Å². The Morgan fingerprint density at radius 1 is 1.35 bits per heavy atom. The van der Waals surface area contributed by atoms with Crippen LogP contribution in [0.1, 0.15) is 49.0 Å². The molecule has 3 aromatic rings. The van der Waals surface area contributed by atoms with Gasteiger partial charge in [0.15, 0.2) is 0 Å². The summed E-state index contributed by atoms with van der Waals surface area (Å²) < 4.78 is 4.32. The second kappa shape index (κ2) is 6.93. The first-order chi connectivity index (χ1) is 12.7. The van der Waals surface area contributed by atoms with Gasteiger partial charge in [-0.1, -0.05) is 19.9 Å². The number of pyridine rings is 1. The van der Waals surface area contributed by atoms with Crippen LogP contribution in [0.3, 0.4) is 0 Å². The minimum atomic E-state index is 0.398. The molecule has 0 unspecified atom stereocenters. The zero-order valence-corrected chi connectivity index (χ0v) is 15.3. The number of fused-ring (bicyclic) bond motifs is 2. The third-order valence-electron chi connectivity index (χ3n) is 5.21. The van der Waals surface area contributed by atoms with Crippen molar-refractivity contribution >= 4 is 5.52 Å². The van der Waals surface area contributed by atoms with Crippen molar-refractivity contribution in [3.63, 3.8) is 0 Å². The van der Waals surface area contributed by atoms with Crippen LogP contribution in [-0.4, -0.2) is 25.7 Å². The van der Waals surface area contributed by atoms with Gasteiger partial charge in [0.25, 0.3) is 0 Å². The van der Waals surface area contributed by atoms with Crippen molar-refractivity contribution in [1.29, 1.82) is 5.26 Å². The van der Waals surface area contributed by atoms with Gasteiger partial charge in [0.2, 0.25) is 0 Å². The molecule has 26 heavy (non-hydrogen) atoms. The van der Waals surface area contributed by atoms with E-state index in [0.717, 1.165) is 54.2 Å². The Balaban J connectivity index is 1.41. The van der Waals surface area contributed by atoms with Crippen LogP contribution in [0.25, 0.3) is 5.52 Å². The molecule has 4 heterocycles. The highest BCUT2D eigenvalue weighted by atomic mass is 15.3. The molecular weight excluding hydrogens is 324 g/mol. The SMILES string of the molecule is CC(C)c1nnc2n1C[C@@H](CNCc1cn3ccccc3c1C#N)CC2. The normalized spacial score (nSPS) is 16.8. The highest BCUT2D eigenvalue weighted by Crippen LogP contribution is 2.23. The summed E-state index contributed by atoms with van der Waals surface area (Å²) in [6.07, 6.45) is 6.16. The third kappa shape index (κ3) is 2.99. The standard InChI is InChI=1S/C20H24N6/c1-14(2)20-24-23-19-7-6-15(12-26(19)20)10-22-11-16-13-25-8-4-3-5-18(25)17(16)9-21/h3-5,8,13-15,22H,6-7,10-12H2,1-2H3/t15-/m1/s1. The van der Waals surface area contributed by atoms with Gasteiger partial charge in [-0.15, -0.1) is 10.2 Å². The number of aryl methyl sites for hydroxylation is 1. The second-order valence-electron chi connectivity index (χ2n) is 7.41. The summed E-state index contributed by atoms with van der Waals surface area (Å²) in [5, 5.41) is 21.8. The molecule has 1 N–H and O–H groups in total. The van der Waals surface area contributed by atoms with Crippen molar-refractivity contribution in [1.82, 2.24) is 24.5 Å². The van der Waals surface area contributed by atoms with Gasteiger partial charge in [-0.25, -0.2) is 0 Å². The summed E-state index contributed by atoms with van der Waals surface area (Å²) in [5.74, 6) is 3.18. The van der Waals surface area contributed by atoms with Gasteiger partial charge >= 0.3 is 0 Å². The van der Waals surface area contributed by atoms with E-state index in [0.29, 0.717) is 18.4 Å². The Morgan fingerprint density at radius 3 is 3.04 bits per heavy atom. The fourth-order valence-corrected chi connectivity index (χ4v) is 3.86. The Bertz CT molecular complexity index is 958. The molecular formula is C20H24N6. The molecule has 134 valence electrons. The molecule has 0 amide bonds. The summed E-state index contributed by atoms with van der Waals surface area (Å²) in [6, 6.07) is 8.30. The first-order valence-corrected chi connectivity index (χ1v) is 9.28. The van der Waals surface area contributed by atoms with Crippen molar-refractivity contribution in [2.45, 2.75) is 45.7 Å². The van der Waals surface area contributed by atoms with Gasteiger partial charge in [0.05, 0.1) is 11.1 Å². The van der Waals surface area contributed by atoms with E-state index in [4.69, 9.17) is 0 Å². The topological polar surface area (TPSA) is 70.9 Å². The molecule has 0 aromatic carbocycles. The maximum absolute atomic E-state index is 9.51. The van der Waals surface area contributed by atoms with E-state index in [1.165, 1.54) is 0 Å². The molecule has 6 heteroatoms. The maximum atomic E-state index is 9.51. The molecule has 0 aliphatic carbocycles. The minimum absolute atomic E-state index is 0.398. The van der Waals surface area contributed by atoms with Gasteiger partial charge in [-0.2, -0.15) is 5.26 Å². The predicted molar refractivity (Wildman–Crippen MR) is 99.7 cm³/mol. The summed E-state index contributed by atoms with van der Waals surface area (Å²) in [5.41, 5.74) is 2.80. The van der Waals surface area contributed by atoms with E-state index in [9.17, 15) is 5.26 Å². The first kappa shape index (κ1) is 16.8. The van der Waals surface area contributed by atoms with Crippen molar-refractivity contribution in [3.05, 3.63) is 53.4 Å². The molecule has 1 aliphatic rings. The van der Waals surface area contributed by atoms with Crippen LogP contribution in [-0.2, 0) is 19.5 Å². The summed E-state index contributed by atoms with van der Waals surface area (Å²) in [4.78, 5) is 0. The van der Waals surface area contributed by atoms with Crippen LogP contribution in [0.5, 0.6) is 0 Å². The van der Waals surface area contributed by atoms with E-state index >= 15 is 0 Å². The van der Waals surface area contributed by atoms with Crippen molar-refractivity contribution in [2.75, 3.05) is 6.54 Å². The minimum Gasteiger partial charge on any atom is -0.322 e. The van der Waals surface area contributed by atoms with Crippen LogP contribution in [0.15, 0.2) is 30.6 Å². The summed E-state index contributed by atoms with van der Waals surface area (Å²) in [7, 11) is 0. The zero-order valence-electron chi connectivity index (χ0n) is 15.3. The lowest BCUT2D eigenvalue weighted by Crippen LogP contribution is -2.30. The lowest BCUT2D eigenvalue weighted by Gasteiger charge is -2.25. The van der Waals surface area contributed by atoms with E-state index in [1.54, 1.807) is 0 Å². The quantitative estimate of drug-likeness (QED) is 0.770. The fourth-order valence-electron chi connectivity index (χ4n) is 3.86. The van der Waals surface area contributed by atoms with Gasteiger partial charge in [-0.3, -0.25) is 0 Å². The zero-order chi connectivity index (χ0) is 18.1. The Kier molecular flexibility index (Phi) is 4.48. The number of nitriles is 1. The van der Waals surface area contributed by atoms with E-state index < -0.39 is 0 Å². The lowest BCUT2D eigenvalue weighted by molar-refractivity contribution is 0.340. The van der Waals surface area contributed by atoms with Gasteiger partial charge < -0.3 is 14.3 Å². The molecule has 0 saturated heterocycles. The number of hydrogen-bond donors (Lipinski definition) is 1. The number of nitrogens with zero attached hydrogens (tertiary/aromatic N) is 5. The molecule has 3 aromatic heterocycles. The lowest BCUT2D eigenvalue weighted by atomic mass is 9.98. The molecule has 1 aliphatic heterocycles. The van der Waals surface area contributed by atoms with Gasteiger partial charge in [-0.05, 0) is 31.0 Å². The average molecular weight is 348 g/mol. The molecule has 0 saturated carbocycles. The number of aromatic nitrogens is 4. The number of nitrogens with one attached hydrogen (secondary N) is 1. The smallest absolute Gasteiger partial charge is 0.135 e. The van der Waals surface area contributed by atoms with Crippen LogP contribution in [0, 0.1) is 17.2 Å². The van der Waals surface area contributed by atoms with Crippen LogP contribution < -0.4 is 5.32 Å². The maximum Gasteiger partial charge on any atom is 0.135 e. The third-order valence-corrected chi connectivity index (χ3v) is 5.21. The highest BCUT2D eigenvalue weighted by molar-refractivity contribution is 5.65. The molecule has 0 bridgehead atoms. The van der Waals surface area contributed by atoms with E-state index in [-0.39, 0.29) is 0 Å². The Labute approximate surface area is 153 Å². The molecule has 0 fully saturated rings. The predicted octanol–water partition coefficient (Wildman–Crippen LogP) is 2.88. The first-order valence-electron chi connectivity index (χ1n) is 9.28. The Morgan fingerprint density at radius 2 is 2.23 bits per heavy atom. The fraction of sp³-hybridized carbons (Fsp3) is 0.450.